The Balaban J connectivity index is 2.07. The Morgan fingerprint density at radius 2 is 1.89 bits per heavy atom. The van der Waals surface area contributed by atoms with Gasteiger partial charge in [0.2, 0.25) is 0 Å². The van der Waals surface area contributed by atoms with E-state index in [2.05, 4.69) is 70.6 Å². The molecule has 1 N–H and O–H groups in total. The second kappa shape index (κ2) is 6.73. The Bertz CT molecular complexity index is 525. The molecule has 19 heavy (non-hydrogen) atoms. The number of rotatable bonds is 5. The summed E-state index contributed by atoms with van der Waals surface area (Å²) in [7, 11) is 1.71. The summed E-state index contributed by atoms with van der Waals surface area (Å²) in [5.41, 5.74) is 3.56. The summed E-state index contributed by atoms with van der Waals surface area (Å²) in [6.07, 6.45) is 0. The van der Waals surface area contributed by atoms with Gasteiger partial charge in [0, 0.05) is 23.3 Å². The first-order valence-corrected chi connectivity index (χ1v) is 7.08. The molecule has 0 aromatic heterocycles. The van der Waals surface area contributed by atoms with Crippen LogP contribution in [0, 0.1) is 0 Å². The summed E-state index contributed by atoms with van der Waals surface area (Å²) in [5, 5.41) is 3.51. The van der Waals surface area contributed by atoms with Gasteiger partial charge in [0.15, 0.2) is 0 Å². The van der Waals surface area contributed by atoms with Crippen LogP contribution < -0.4 is 5.32 Å². The first-order chi connectivity index (χ1) is 9.19. The van der Waals surface area contributed by atoms with E-state index in [1.54, 1.807) is 7.11 Å². The fourth-order valence-corrected chi connectivity index (χ4v) is 2.27. The number of hydrogen-bond acceptors (Lipinski definition) is 2. The van der Waals surface area contributed by atoms with E-state index in [1.165, 1.54) is 11.1 Å². The first kappa shape index (κ1) is 14.1. The molecule has 0 bridgehead atoms. The lowest BCUT2D eigenvalue weighted by Gasteiger charge is -2.16. The standard InChI is InChI=1S/C16H18BrNO/c1-12(14-6-8-15(17)9-7-14)18-16-5-3-4-13(10-16)11-19-2/h3-10,12,18H,11H2,1-2H3. The minimum atomic E-state index is 0.269. The topological polar surface area (TPSA) is 21.3 Å². The van der Waals surface area contributed by atoms with Crippen LogP contribution in [0.4, 0.5) is 5.69 Å². The van der Waals surface area contributed by atoms with Crippen LogP contribution in [0.1, 0.15) is 24.1 Å². The zero-order valence-corrected chi connectivity index (χ0v) is 12.8. The van der Waals surface area contributed by atoms with Crippen molar-refractivity contribution in [3.05, 3.63) is 64.1 Å². The van der Waals surface area contributed by atoms with Crippen molar-refractivity contribution in [1.29, 1.82) is 0 Å². The van der Waals surface area contributed by atoms with Crippen LogP contribution in [0.2, 0.25) is 0 Å². The average Bonchev–Trinajstić information content (AvgIpc) is 2.40. The van der Waals surface area contributed by atoms with Crippen molar-refractivity contribution in [1.82, 2.24) is 0 Å². The van der Waals surface area contributed by atoms with Crippen LogP contribution in [0.3, 0.4) is 0 Å². The van der Waals surface area contributed by atoms with Gasteiger partial charge < -0.3 is 10.1 Å². The molecule has 100 valence electrons. The third-order valence-electron chi connectivity index (χ3n) is 2.99. The second-order valence-corrected chi connectivity index (χ2v) is 5.47. The van der Waals surface area contributed by atoms with Crippen molar-refractivity contribution < 1.29 is 4.74 Å². The second-order valence-electron chi connectivity index (χ2n) is 4.55. The SMILES string of the molecule is COCc1cccc(NC(C)c2ccc(Br)cc2)c1. The van der Waals surface area contributed by atoms with Gasteiger partial charge in [0.25, 0.3) is 0 Å². The minimum absolute atomic E-state index is 0.269. The Hall–Kier alpha value is -1.32. The van der Waals surface area contributed by atoms with Gasteiger partial charge in [-0.25, -0.2) is 0 Å². The van der Waals surface area contributed by atoms with Crippen LogP contribution in [0.15, 0.2) is 53.0 Å². The number of hydrogen-bond donors (Lipinski definition) is 1. The monoisotopic (exact) mass is 319 g/mol. The maximum atomic E-state index is 5.15. The van der Waals surface area contributed by atoms with E-state index < -0.39 is 0 Å². The normalized spacial score (nSPS) is 12.2. The molecule has 3 heteroatoms. The number of ether oxygens (including phenoxy) is 1. The third kappa shape index (κ3) is 4.08. The van der Waals surface area contributed by atoms with Gasteiger partial charge in [-0.15, -0.1) is 0 Å². The van der Waals surface area contributed by atoms with Gasteiger partial charge >= 0.3 is 0 Å². The molecule has 2 aromatic carbocycles. The molecule has 2 nitrogen and oxygen atoms in total. The van der Waals surface area contributed by atoms with E-state index in [-0.39, 0.29) is 6.04 Å². The highest BCUT2D eigenvalue weighted by Gasteiger charge is 2.05. The molecule has 1 unspecified atom stereocenters. The van der Waals surface area contributed by atoms with Crippen LogP contribution in [0.5, 0.6) is 0 Å². The fourth-order valence-electron chi connectivity index (χ4n) is 2.00. The van der Waals surface area contributed by atoms with Crippen molar-refractivity contribution in [3.8, 4) is 0 Å². The molecule has 0 amide bonds. The summed E-state index contributed by atoms with van der Waals surface area (Å²) >= 11 is 3.45. The summed E-state index contributed by atoms with van der Waals surface area (Å²) in [6.45, 7) is 2.80. The van der Waals surface area contributed by atoms with Gasteiger partial charge in [0.05, 0.1) is 6.61 Å². The molecule has 0 aliphatic heterocycles. The van der Waals surface area contributed by atoms with Crippen molar-refractivity contribution in [2.45, 2.75) is 19.6 Å². The molecule has 0 aliphatic carbocycles. The summed E-state index contributed by atoms with van der Waals surface area (Å²) < 4.78 is 6.26. The zero-order chi connectivity index (χ0) is 13.7. The minimum Gasteiger partial charge on any atom is -0.380 e. The molecular formula is C16H18BrNO. The number of anilines is 1. The van der Waals surface area contributed by atoms with Crippen LogP contribution in [-0.4, -0.2) is 7.11 Å². The van der Waals surface area contributed by atoms with E-state index in [1.807, 2.05) is 6.07 Å². The van der Waals surface area contributed by atoms with Crippen LogP contribution >= 0.6 is 15.9 Å². The largest absolute Gasteiger partial charge is 0.380 e. The van der Waals surface area contributed by atoms with Gasteiger partial charge in [0.1, 0.15) is 0 Å². The number of benzene rings is 2. The van der Waals surface area contributed by atoms with Crippen molar-refractivity contribution >= 4 is 21.6 Å². The van der Waals surface area contributed by atoms with E-state index in [4.69, 9.17) is 4.74 Å². The van der Waals surface area contributed by atoms with Crippen molar-refractivity contribution in [3.63, 3.8) is 0 Å². The van der Waals surface area contributed by atoms with Gasteiger partial charge in [-0.2, -0.15) is 0 Å². The molecule has 2 aromatic rings. The van der Waals surface area contributed by atoms with E-state index >= 15 is 0 Å². The van der Waals surface area contributed by atoms with Crippen LogP contribution in [0.25, 0.3) is 0 Å². The summed E-state index contributed by atoms with van der Waals surface area (Å²) in [6, 6.07) is 17.0. The molecule has 0 heterocycles. The maximum Gasteiger partial charge on any atom is 0.0713 e. The predicted octanol–water partition coefficient (Wildman–Crippen LogP) is 4.77. The lowest BCUT2D eigenvalue weighted by atomic mass is 10.1. The smallest absolute Gasteiger partial charge is 0.0713 e. The van der Waals surface area contributed by atoms with Gasteiger partial charge in [-0.1, -0.05) is 40.2 Å². The molecule has 0 spiro atoms. The fraction of sp³-hybridized carbons (Fsp3) is 0.250. The molecule has 2 rings (SSSR count). The van der Waals surface area contributed by atoms with Gasteiger partial charge in [-0.3, -0.25) is 0 Å². The van der Waals surface area contributed by atoms with Crippen molar-refractivity contribution in [2.75, 3.05) is 12.4 Å². The van der Waals surface area contributed by atoms with E-state index in [0.29, 0.717) is 6.61 Å². The number of halogens is 1. The molecule has 0 radical (unpaired) electrons. The highest BCUT2D eigenvalue weighted by molar-refractivity contribution is 9.10. The Morgan fingerprint density at radius 3 is 2.58 bits per heavy atom. The maximum absolute atomic E-state index is 5.15. The highest BCUT2D eigenvalue weighted by Crippen LogP contribution is 2.21. The predicted molar refractivity (Wildman–Crippen MR) is 83.3 cm³/mol. The van der Waals surface area contributed by atoms with Crippen LogP contribution in [-0.2, 0) is 11.3 Å². The van der Waals surface area contributed by atoms with Crippen molar-refractivity contribution in [2.24, 2.45) is 0 Å². The highest BCUT2D eigenvalue weighted by atomic mass is 79.9. The molecule has 0 saturated carbocycles. The average molecular weight is 320 g/mol. The van der Waals surface area contributed by atoms with E-state index in [0.717, 1.165) is 10.2 Å². The lowest BCUT2D eigenvalue weighted by Crippen LogP contribution is -2.06. The Labute approximate surface area is 122 Å². The zero-order valence-electron chi connectivity index (χ0n) is 11.2. The molecule has 0 fully saturated rings. The third-order valence-corrected chi connectivity index (χ3v) is 3.52. The van der Waals surface area contributed by atoms with E-state index in [9.17, 15) is 0 Å². The number of nitrogens with one attached hydrogen (secondary N) is 1. The molecular weight excluding hydrogens is 302 g/mol. The Morgan fingerprint density at radius 1 is 1.16 bits per heavy atom. The molecule has 0 aliphatic rings. The number of methoxy groups -OCH3 is 1. The molecule has 1 atom stereocenters. The quantitative estimate of drug-likeness (QED) is 0.857. The summed E-state index contributed by atoms with van der Waals surface area (Å²) in [5.74, 6) is 0. The lowest BCUT2D eigenvalue weighted by molar-refractivity contribution is 0.185. The Kier molecular flexibility index (Phi) is 5.00. The summed E-state index contributed by atoms with van der Waals surface area (Å²) in [4.78, 5) is 0. The molecule has 0 saturated heterocycles. The van der Waals surface area contributed by atoms with Gasteiger partial charge in [-0.05, 0) is 42.3 Å². The first-order valence-electron chi connectivity index (χ1n) is 6.29.